The fraction of sp³-hybridized carbons (Fsp3) is 0.769. The van der Waals surface area contributed by atoms with Gasteiger partial charge in [0, 0.05) is 26.2 Å². The Kier molecular flexibility index (Phi) is 5.72. The predicted octanol–water partition coefficient (Wildman–Crippen LogP) is 2.70. The molecule has 1 unspecified atom stereocenters. The molecule has 0 bridgehead atoms. The van der Waals surface area contributed by atoms with Crippen LogP contribution in [0.25, 0.3) is 0 Å². The third kappa shape index (κ3) is 3.88. The third-order valence-electron chi connectivity index (χ3n) is 3.69. The third-order valence-corrected chi connectivity index (χ3v) is 4.50. The van der Waals surface area contributed by atoms with Crippen molar-refractivity contribution < 1.29 is 0 Å². The van der Waals surface area contributed by atoms with E-state index in [2.05, 4.69) is 37.9 Å². The van der Waals surface area contributed by atoms with E-state index in [4.69, 9.17) is 11.6 Å². The first-order valence-electron chi connectivity index (χ1n) is 7.00. The summed E-state index contributed by atoms with van der Waals surface area (Å²) in [5.74, 6) is 2.51. The van der Waals surface area contributed by atoms with E-state index < -0.39 is 0 Å². The van der Waals surface area contributed by atoms with Crippen molar-refractivity contribution in [1.29, 1.82) is 0 Å². The number of anilines is 2. The van der Waals surface area contributed by atoms with Crippen LogP contribution in [0.4, 0.5) is 11.9 Å². The van der Waals surface area contributed by atoms with Gasteiger partial charge < -0.3 is 9.80 Å². The smallest absolute Gasteiger partial charge is 0.231 e. The first-order valence-corrected chi connectivity index (χ1v) is 8.77. The normalized spacial score (nSPS) is 16.5. The van der Waals surface area contributed by atoms with Crippen LogP contribution >= 0.6 is 23.4 Å². The van der Waals surface area contributed by atoms with Crippen LogP contribution in [-0.4, -0.2) is 53.1 Å². The molecule has 0 aliphatic carbocycles. The molecule has 1 aromatic rings. The lowest BCUT2D eigenvalue weighted by Gasteiger charge is -2.25. The van der Waals surface area contributed by atoms with E-state index >= 15 is 0 Å². The van der Waals surface area contributed by atoms with E-state index in [0.717, 1.165) is 25.3 Å². The van der Waals surface area contributed by atoms with Gasteiger partial charge in [-0.3, -0.25) is 0 Å². The lowest BCUT2D eigenvalue weighted by molar-refractivity contribution is 0.650. The molecular formula is C13H22ClN5S. The van der Waals surface area contributed by atoms with E-state index in [1.165, 1.54) is 12.8 Å². The Morgan fingerprint density at radius 2 is 2.00 bits per heavy atom. The Morgan fingerprint density at radius 1 is 1.30 bits per heavy atom. The highest BCUT2D eigenvalue weighted by Gasteiger charge is 2.19. The summed E-state index contributed by atoms with van der Waals surface area (Å²) in [4.78, 5) is 17.4. The van der Waals surface area contributed by atoms with Crippen molar-refractivity contribution in [3.63, 3.8) is 0 Å². The summed E-state index contributed by atoms with van der Waals surface area (Å²) in [6, 6.07) is 0.382. The van der Waals surface area contributed by atoms with Crippen LogP contribution in [-0.2, 0) is 0 Å². The van der Waals surface area contributed by atoms with Gasteiger partial charge in [0.25, 0.3) is 0 Å². The van der Waals surface area contributed by atoms with E-state index in [1.54, 1.807) is 0 Å². The van der Waals surface area contributed by atoms with Gasteiger partial charge in [-0.15, -0.1) is 0 Å². The van der Waals surface area contributed by atoms with Crippen molar-refractivity contribution >= 4 is 35.3 Å². The number of rotatable bonds is 6. The molecule has 2 heterocycles. The highest BCUT2D eigenvalue weighted by atomic mass is 35.5. The maximum Gasteiger partial charge on any atom is 0.231 e. The molecule has 1 aromatic heterocycles. The molecule has 2 rings (SSSR count). The second kappa shape index (κ2) is 7.31. The maximum atomic E-state index is 6.06. The number of thioether (sulfide) groups is 1. The monoisotopic (exact) mass is 315 g/mol. The molecule has 1 aliphatic heterocycles. The van der Waals surface area contributed by atoms with Gasteiger partial charge in [0.05, 0.1) is 0 Å². The standard InChI is InChI=1S/C13H22ClN5S/c1-10(6-9-20-3)18(2)12-15-11(14)16-13(17-12)19-7-4-5-8-19/h10H,4-9H2,1-3H3. The molecule has 20 heavy (non-hydrogen) atoms. The minimum atomic E-state index is 0.279. The molecule has 0 saturated carbocycles. The van der Waals surface area contributed by atoms with Crippen LogP contribution in [0.3, 0.4) is 0 Å². The van der Waals surface area contributed by atoms with Gasteiger partial charge in [0.15, 0.2) is 0 Å². The Hall–Kier alpha value is -0.750. The summed E-state index contributed by atoms with van der Waals surface area (Å²) in [7, 11) is 2.02. The zero-order valence-corrected chi connectivity index (χ0v) is 13.9. The number of nitrogens with zero attached hydrogens (tertiary/aromatic N) is 5. The second-order valence-corrected chi connectivity index (χ2v) is 6.46. The van der Waals surface area contributed by atoms with Crippen LogP contribution in [0.5, 0.6) is 0 Å². The molecule has 0 spiro atoms. The molecule has 0 aromatic carbocycles. The lowest BCUT2D eigenvalue weighted by atomic mass is 10.2. The molecule has 1 aliphatic rings. The second-order valence-electron chi connectivity index (χ2n) is 5.14. The average Bonchev–Trinajstić information content (AvgIpc) is 2.97. The summed E-state index contributed by atoms with van der Waals surface area (Å²) >= 11 is 7.92. The van der Waals surface area contributed by atoms with Crippen LogP contribution in [0.2, 0.25) is 5.28 Å². The SMILES string of the molecule is CSCCC(C)N(C)c1nc(Cl)nc(N2CCCC2)n1. The highest BCUT2D eigenvalue weighted by Crippen LogP contribution is 2.21. The molecule has 1 fully saturated rings. The van der Waals surface area contributed by atoms with Crippen LogP contribution in [0.15, 0.2) is 0 Å². The summed E-state index contributed by atoms with van der Waals surface area (Å²) in [6.07, 6.45) is 5.61. The molecule has 5 nitrogen and oxygen atoms in total. The Balaban J connectivity index is 2.14. The van der Waals surface area contributed by atoms with Gasteiger partial charge >= 0.3 is 0 Å². The van der Waals surface area contributed by atoms with Crippen LogP contribution < -0.4 is 9.80 Å². The molecular weight excluding hydrogens is 294 g/mol. The van der Waals surface area contributed by atoms with Gasteiger partial charge in [0.1, 0.15) is 0 Å². The number of halogens is 1. The van der Waals surface area contributed by atoms with E-state index in [0.29, 0.717) is 17.9 Å². The summed E-state index contributed by atoms with van der Waals surface area (Å²) in [5, 5.41) is 0.279. The van der Waals surface area contributed by atoms with E-state index in [-0.39, 0.29) is 5.28 Å². The zero-order valence-electron chi connectivity index (χ0n) is 12.3. The zero-order chi connectivity index (χ0) is 14.5. The first kappa shape index (κ1) is 15.6. The van der Waals surface area contributed by atoms with Gasteiger partial charge in [-0.05, 0) is 49.8 Å². The quantitative estimate of drug-likeness (QED) is 0.804. The van der Waals surface area contributed by atoms with Crippen LogP contribution in [0, 0.1) is 0 Å². The molecule has 0 amide bonds. The largest absolute Gasteiger partial charge is 0.341 e. The van der Waals surface area contributed by atoms with Crippen molar-refractivity contribution in [2.75, 3.05) is 41.9 Å². The van der Waals surface area contributed by atoms with E-state index in [1.807, 2.05) is 18.8 Å². The Bertz CT molecular complexity index is 439. The van der Waals surface area contributed by atoms with Crippen molar-refractivity contribution in [3.8, 4) is 0 Å². The topological polar surface area (TPSA) is 45.2 Å². The van der Waals surface area contributed by atoms with Gasteiger partial charge in [-0.1, -0.05) is 0 Å². The lowest BCUT2D eigenvalue weighted by Crippen LogP contribution is -2.32. The number of hydrogen-bond donors (Lipinski definition) is 0. The van der Waals surface area contributed by atoms with Crippen molar-refractivity contribution in [3.05, 3.63) is 5.28 Å². The van der Waals surface area contributed by atoms with Crippen molar-refractivity contribution in [2.45, 2.75) is 32.2 Å². The summed E-state index contributed by atoms with van der Waals surface area (Å²) < 4.78 is 0. The minimum Gasteiger partial charge on any atom is -0.341 e. The molecule has 1 atom stereocenters. The predicted molar refractivity (Wildman–Crippen MR) is 87.1 cm³/mol. The fourth-order valence-corrected chi connectivity index (χ4v) is 2.95. The van der Waals surface area contributed by atoms with Crippen LogP contribution in [0.1, 0.15) is 26.2 Å². The molecule has 112 valence electrons. The van der Waals surface area contributed by atoms with Gasteiger partial charge in [0.2, 0.25) is 17.2 Å². The number of aromatic nitrogens is 3. The number of hydrogen-bond acceptors (Lipinski definition) is 6. The molecule has 1 saturated heterocycles. The van der Waals surface area contributed by atoms with Crippen molar-refractivity contribution in [2.24, 2.45) is 0 Å². The van der Waals surface area contributed by atoms with Gasteiger partial charge in [-0.25, -0.2) is 0 Å². The average molecular weight is 316 g/mol. The molecule has 0 N–H and O–H groups in total. The fourth-order valence-electron chi connectivity index (χ4n) is 2.22. The van der Waals surface area contributed by atoms with E-state index in [9.17, 15) is 0 Å². The highest BCUT2D eigenvalue weighted by molar-refractivity contribution is 7.98. The van der Waals surface area contributed by atoms with Gasteiger partial charge in [-0.2, -0.15) is 26.7 Å². The first-order chi connectivity index (χ1) is 9.61. The molecule has 7 heteroatoms. The summed E-state index contributed by atoms with van der Waals surface area (Å²) in [5.41, 5.74) is 0. The molecule has 0 radical (unpaired) electrons. The minimum absolute atomic E-state index is 0.279. The van der Waals surface area contributed by atoms with Crippen molar-refractivity contribution in [1.82, 2.24) is 15.0 Å². The summed E-state index contributed by atoms with van der Waals surface area (Å²) in [6.45, 7) is 4.19. The Morgan fingerprint density at radius 3 is 2.65 bits per heavy atom. The Labute approximate surface area is 130 Å². The maximum absolute atomic E-state index is 6.06.